The number of anilines is 1. The summed E-state index contributed by atoms with van der Waals surface area (Å²) >= 11 is 0. The Morgan fingerprint density at radius 1 is 1.85 bits per heavy atom. The van der Waals surface area contributed by atoms with Crippen LogP contribution in [0.5, 0.6) is 0 Å². The predicted octanol–water partition coefficient (Wildman–Crippen LogP) is 0.785. The number of hydrogen-bond acceptors (Lipinski definition) is 3. The van der Waals surface area contributed by atoms with Crippen LogP contribution in [0.1, 0.15) is 23.8 Å². The number of aromatic nitrogens is 2. The van der Waals surface area contributed by atoms with Gasteiger partial charge in [-0.2, -0.15) is 0 Å². The Balaban J connectivity index is 2.33. The molecule has 0 saturated carbocycles. The lowest BCUT2D eigenvalue weighted by atomic mass is 10.2. The van der Waals surface area contributed by atoms with Gasteiger partial charge in [-0.15, -0.1) is 0 Å². The number of aromatic carboxylic acids is 1. The molecule has 1 aliphatic rings. The molecule has 0 saturated heterocycles. The molecule has 1 atom stereocenters. The van der Waals surface area contributed by atoms with Crippen LogP contribution in [0.3, 0.4) is 0 Å². The molecule has 1 aromatic rings. The van der Waals surface area contributed by atoms with Crippen molar-refractivity contribution < 1.29 is 9.90 Å². The molecule has 1 unspecified atom stereocenters. The summed E-state index contributed by atoms with van der Waals surface area (Å²) in [5, 5.41) is 11.8. The summed E-state index contributed by atoms with van der Waals surface area (Å²) < 4.78 is 1.84. The van der Waals surface area contributed by atoms with Crippen LogP contribution in [0.15, 0.2) is 6.20 Å². The van der Waals surface area contributed by atoms with Gasteiger partial charge in [-0.05, 0) is 13.3 Å². The van der Waals surface area contributed by atoms with Crippen molar-refractivity contribution in [3.63, 3.8) is 0 Å². The Hall–Kier alpha value is -1.52. The van der Waals surface area contributed by atoms with E-state index in [1.54, 1.807) is 6.20 Å². The molecule has 2 rings (SSSR count). The van der Waals surface area contributed by atoms with E-state index in [1.165, 1.54) is 0 Å². The summed E-state index contributed by atoms with van der Waals surface area (Å²) in [6.07, 6.45) is 2.57. The molecular formula is C8H11N3O2. The van der Waals surface area contributed by atoms with Crippen LogP contribution < -0.4 is 5.32 Å². The fourth-order valence-electron chi connectivity index (χ4n) is 1.43. The average Bonchev–Trinajstić information content (AvgIpc) is 2.46. The monoisotopic (exact) mass is 181 g/mol. The molecule has 1 aliphatic heterocycles. The number of carboxylic acid groups (broad SMARTS) is 1. The first kappa shape index (κ1) is 8.10. The molecule has 0 aromatic carbocycles. The van der Waals surface area contributed by atoms with E-state index in [2.05, 4.69) is 17.2 Å². The maximum atomic E-state index is 10.6. The van der Waals surface area contributed by atoms with Crippen molar-refractivity contribution in [2.24, 2.45) is 0 Å². The number of hydrogen-bond donors (Lipinski definition) is 2. The molecule has 2 heterocycles. The number of nitrogens with zero attached hydrogens (tertiary/aromatic N) is 2. The van der Waals surface area contributed by atoms with Gasteiger partial charge in [0.1, 0.15) is 0 Å². The summed E-state index contributed by atoms with van der Waals surface area (Å²) in [6.45, 7) is 2.89. The highest BCUT2D eigenvalue weighted by Crippen LogP contribution is 2.17. The second-order valence-electron chi connectivity index (χ2n) is 3.28. The largest absolute Gasteiger partial charge is 0.476 e. The van der Waals surface area contributed by atoms with Crippen molar-refractivity contribution in [3.05, 3.63) is 11.9 Å². The molecule has 0 amide bonds. The number of rotatable bonds is 1. The van der Waals surface area contributed by atoms with Crippen LogP contribution in [-0.2, 0) is 6.54 Å². The lowest BCUT2D eigenvalue weighted by Gasteiger charge is -2.21. The van der Waals surface area contributed by atoms with Gasteiger partial charge in [0.25, 0.3) is 0 Å². The molecule has 5 heteroatoms. The third-order valence-electron chi connectivity index (χ3n) is 2.17. The Morgan fingerprint density at radius 3 is 3.31 bits per heavy atom. The summed E-state index contributed by atoms with van der Waals surface area (Å²) in [6, 6.07) is 0.372. The van der Waals surface area contributed by atoms with E-state index in [9.17, 15) is 4.79 Å². The van der Waals surface area contributed by atoms with Crippen molar-refractivity contribution in [1.82, 2.24) is 9.55 Å². The SMILES string of the molecule is CC1CCn2cc(C(=O)O)nc2N1. The van der Waals surface area contributed by atoms with E-state index in [4.69, 9.17) is 5.11 Å². The van der Waals surface area contributed by atoms with E-state index in [1.807, 2.05) is 4.57 Å². The second kappa shape index (κ2) is 2.76. The zero-order valence-corrected chi connectivity index (χ0v) is 7.32. The van der Waals surface area contributed by atoms with E-state index < -0.39 is 5.97 Å². The van der Waals surface area contributed by atoms with Crippen LogP contribution >= 0.6 is 0 Å². The van der Waals surface area contributed by atoms with E-state index in [0.29, 0.717) is 12.0 Å². The first-order valence-electron chi connectivity index (χ1n) is 4.24. The minimum Gasteiger partial charge on any atom is -0.476 e. The molecular weight excluding hydrogens is 170 g/mol. The minimum absolute atomic E-state index is 0.108. The third kappa shape index (κ3) is 1.37. The number of nitrogens with one attached hydrogen (secondary N) is 1. The number of carboxylic acids is 1. The number of imidazole rings is 1. The van der Waals surface area contributed by atoms with Gasteiger partial charge in [0, 0.05) is 18.8 Å². The molecule has 0 fully saturated rings. The molecule has 1 aromatic heterocycles. The van der Waals surface area contributed by atoms with Crippen molar-refractivity contribution in [2.75, 3.05) is 5.32 Å². The number of fused-ring (bicyclic) bond motifs is 1. The average molecular weight is 181 g/mol. The number of carbonyl (C=O) groups is 1. The first-order chi connectivity index (χ1) is 6.16. The maximum Gasteiger partial charge on any atom is 0.356 e. The van der Waals surface area contributed by atoms with E-state index in [-0.39, 0.29) is 5.69 Å². The van der Waals surface area contributed by atoms with Gasteiger partial charge in [-0.1, -0.05) is 0 Å². The van der Waals surface area contributed by atoms with Crippen molar-refractivity contribution in [1.29, 1.82) is 0 Å². The fourth-order valence-corrected chi connectivity index (χ4v) is 1.43. The smallest absolute Gasteiger partial charge is 0.356 e. The van der Waals surface area contributed by atoms with Gasteiger partial charge < -0.3 is 15.0 Å². The van der Waals surface area contributed by atoms with Crippen LogP contribution in [0.25, 0.3) is 0 Å². The molecule has 5 nitrogen and oxygen atoms in total. The Kier molecular flexibility index (Phi) is 1.72. The topological polar surface area (TPSA) is 67.2 Å². The van der Waals surface area contributed by atoms with E-state index in [0.717, 1.165) is 13.0 Å². The Labute approximate surface area is 75.4 Å². The summed E-state index contributed by atoms with van der Waals surface area (Å²) in [5.41, 5.74) is 0.108. The van der Waals surface area contributed by atoms with Crippen molar-refractivity contribution in [3.8, 4) is 0 Å². The third-order valence-corrected chi connectivity index (χ3v) is 2.17. The van der Waals surface area contributed by atoms with Gasteiger partial charge in [0.15, 0.2) is 5.69 Å². The van der Waals surface area contributed by atoms with Gasteiger partial charge in [0.2, 0.25) is 5.95 Å². The molecule has 0 bridgehead atoms. The van der Waals surface area contributed by atoms with Crippen LogP contribution in [0, 0.1) is 0 Å². The van der Waals surface area contributed by atoms with Crippen LogP contribution in [0.4, 0.5) is 5.95 Å². The molecule has 0 spiro atoms. The molecule has 13 heavy (non-hydrogen) atoms. The predicted molar refractivity (Wildman–Crippen MR) is 46.9 cm³/mol. The summed E-state index contributed by atoms with van der Waals surface area (Å²) in [7, 11) is 0. The molecule has 0 aliphatic carbocycles. The highest BCUT2D eigenvalue weighted by molar-refractivity contribution is 5.85. The maximum absolute atomic E-state index is 10.6. The quantitative estimate of drug-likeness (QED) is 0.672. The minimum atomic E-state index is -0.976. The second-order valence-corrected chi connectivity index (χ2v) is 3.28. The zero-order chi connectivity index (χ0) is 9.42. The lowest BCUT2D eigenvalue weighted by molar-refractivity contribution is 0.0691. The highest BCUT2D eigenvalue weighted by atomic mass is 16.4. The normalized spacial score (nSPS) is 20.5. The van der Waals surface area contributed by atoms with Crippen LogP contribution in [0.2, 0.25) is 0 Å². The molecule has 70 valence electrons. The summed E-state index contributed by atoms with van der Waals surface area (Å²) in [5.74, 6) is -0.312. The van der Waals surface area contributed by atoms with Crippen molar-refractivity contribution in [2.45, 2.75) is 25.9 Å². The van der Waals surface area contributed by atoms with Gasteiger partial charge in [-0.3, -0.25) is 0 Å². The summed E-state index contributed by atoms with van der Waals surface area (Å²) in [4.78, 5) is 14.5. The highest BCUT2D eigenvalue weighted by Gasteiger charge is 2.18. The Bertz CT molecular complexity index is 345. The Morgan fingerprint density at radius 2 is 2.62 bits per heavy atom. The van der Waals surface area contributed by atoms with Gasteiger partial charge >= 0.3 is 5.97 Å². The zero-order valence-electron chi connectivity index (χ0n) is 7.32. The molecule has 0 radical (unpaired) electrons. The van der Waals surface area contributed by atoms with Crippen LogP contribution in [-0.4, -0.2) is 26.7 Å². The standard InChI is InChI=1S/C8H11N3O2/c1-5-2-3-11-4-6(7(12)13)10-8(11)9-5/h4-5H,2-3H2,1H3,(H,9,10)(H,12,13). The number of aryl methyl sites for hydroxylation is 1. The van der Waals surface area contributed by atoms with Gasteiger partial charge in [-0.25, -0.2) is 9.78 Å². The van der Waals surface area contributed by atoms with E-state index >= 15 is 0 Å². The first-order valence-corrected chi connectivity index (χ1v) is 4.24. The van der Waals surface area contributed by atoms with Gasteiger partial charge in [0.05, 0.1) is 0 Å². The lowest BCUT2D eigenvalue weighted by Crippen LogP contribution is -2.25. The van der Waals surface area contributed by atoms with Crippen molar-refractivity contribution >= 4 is 11.9 Å². The molecule has 2 N–H and O–H groups in total. The fraction of sp³-hybridized carbons (Fsp3) is 0.500.